The van der Waals surface area contributed by atoms with Crippen LogP contribution in [0.3, 0.4) is 0 Å². The summed E-state index contributed by atoms with van der Waals surface area (Å²) in [6.45, 7) is 1.65. The lowest BCUT2D eigenvalue weighted by Gasteiger charge is -2.24. The van der Waals surface area contributed by atoms with Crippen molar-refractivity contribution in [3.63, 3.8) is 0 Å². The molecule has 0 aliphatic carbocycles. The third-order valence-electron chi connectivity index (χ3n) is 4.24. The van der Waals surface area contributed by atoms with Gasteiger partial charge in [-0.1, -0.05) is 23.7 Å². The SMILES string of the molecule is CNCC1CCCN1C(=O)c1cncc(-c2ccc(Cl)cc2)c1. The van der Waals surface area contributed by atoms with Crippen LogP contribution in [-0.2, 0) is 0 Å². The Morgan fingerprint density at radius 3 is 2.83 bits per heavy atom. The van der Waals surface area contributed by atoms with Gasteiger partial charge in [0.2, 0.25) is 0 Å². The fraction of sp³-hybridized carbons (Fsp3) is 0.333. The molecule has 1 amide bonds. The van der Waals surface area contributed by atoms with Gasteiger partial charge in [-0.25, -0.2) is 0 Å². The van der Waals surface area contributed by atoms with Gasteiger partial charge in [0.25, 0.3) is 5.91 Å². The fourth-order valence-corrected chi connectivity index (χ4v) is 3.20. The highest BCUT2D eigenvalue weighted by Gasteiger charge is 2.29. The molecule has 0 spiro atoms. The van der Waals surface area contributed by atoms with Crippen LogP contribution in [0.5, 0.6) is 0 Å². The molecule has 1 saturated heterocycles. The Balaban J connectivity index is 1.84. The van der Waals surface area contributed by atoms with E-state index in [4.69, 9.17) is 11.6 Å². The van der Waals surface area contributed by atoms with Crippen LogP contribution in [0.25, 0.3) is 11.1 Å². The van der Waals surface area contributed by atoms with Gasteiger partial charge < -0.3 is 10.2 Å². The van der Waals surface area contributed by atoms with Crippen LogP contribution in [-0.4, -0.2) is 42.0 Å². The third kappa shape index (κ3) is 3.54. The lowest BCUT2D eigenvalue weighted by Crippen LogP contribution is -2.40. The molecular formula is C18H20ClN3O. The second-order valence-electron chi connectivity index (χ2n) is 5.82. The number of aromatic nitrogens is 1. The van der Waals surface area contributed by atoms with E-state index >= 15 is 0 Å². The Bertz CT molecular complexity index is 687. The first kappa shape index (κ1) is 16.0. The van der Waals surface area contributed by atoms with Crippen molar-refractivity contribution in [1.82, 2.24) is 15.2 Å². The molecule has 4 nitrogen and oxygen atoms in total. The normalized spacial score (nSPS) is 17.5. The van der Waals surface area contributed by atoms with E-state index in [1.54, 1.807) is 12.4 Å². The summed E-state index contributed by atoms with van der Waals surface area (Å²) >= 11 is 5.93. The number of nitrogens with one attached hydrogen (secondary N) is 1. The molecule has 5 heteroatoms. The number of carbonyl (C=O) groups is 1. The summed E-state index contributed by atoms with van der Waals surface area (Å²) in [5.74, 6) is 0.0612. The number of nitrogens with zero attached hydrogens (tertiary/aromatic N) is 2. The number of amides is 1. The van der Waals surface area contributed by atoms with Crippen LogP contribution >= 0.6 is 11.6 Å². The van der Waals surface area contributed by atoms with Gasteiger partial charge in [0, 0.05) is 42.1 Å². The Labute approximate surface area is 141 Å². The van der Waals surface area contributed by atoms with Crippen molar-refractivity contribution in [1.29, 1.82) is 0 Å². The molecular weight excluding hydrogens is 310 g/mol. The van der Waals surface area contributed by atoms with Crippen LogP contribution in [0.4, 0.5) is 0 Å². The Morgan fingerprint density at radius 1 is 1.30 bits per heavy atom. The van der Waals surface area contributed by atoms with Crippen LogP contribution in [0.1, 0.15) is 23.2 Å². The molecule has 1 aromatic carbocycles. The minimum absolute atomic E-state index is 0.0612. The van der Waals surface area contributed by atoms with Crippen molar-refractivity contribution in [2.75, 3.05) is 20.1 Å². The summed E-state index contributed by atoms with van der Waals surface area (Å²) in [4.78, 5) is 19.0. The highest BCUT2D eigenvalue weighted by Crippen LogP contribution is 2.24. The van der Waals surface area contributed by atoms with E-state index in [1.807, 2.05) is 42.3 Å². The first-order valence-electron chi connectivity index (χ1n) is 7.85. The summed E-state index contributed by atoms with van der Waals surface area (Å²) in [6.07, 6.45) is 5.53. The molecule has 1 aromatic heterocycles. The van der Waals surface area contributed by atoms with E-state index < -0.39 is 0 Å². The number of carbonyl (C=O) groups excluding carboxylic acids is 1. The molecule has 1 N–H and O–H groups in total. The van der Waals surface area contributed by atoms with Crippen LogP contribution in [0.15, 0.2) is 42.7 Å². The van der Waals surface area contributed by atoms with Crippen molar-refractivity contribution in [2.24, 2.45) is 0 Å². The van der Waals surface area contributed by atoms with Crippen molar-refractivity contribution in [2.45, 2.75) is 18.9 Å². The lowest BCUT2D eigenvalue weighted by molar-refractivity contribution is 0.0736. The van der Waals surface area contributed by atoms with Gasteiger partial charge in [0.05, 0.1) is 5.56 Å². The summed E-state index contributed by atoms with van der Waals surface area (Å²) in [7, 11) is 1.92. The quantitative estimate of drug-likeness (QED) is 0.936. The lowest BCUT2D eigenvalue weighted by atomic mass is 10.1. The van der Waals surface area contributed by atoms with Crippen LogP contribution < -0.4 is 5.32 Å². The van der Waals surface area contributed by atoms with Gasteiger partial charge in [0.1, 0.15) is 0 Å². The van der Waals surface area contributed by atoms with Gasteiger partial charge >= 0.3 is 0 Å². The molecule has 1 fully saturated rings. The highest BCUT2D eigenvalue weighted by atomic mass is 35.5. The second-order valence-corrected chi connectivity index (χ2v) is 6.26. The molecule has 0 bridgehead atoms. The third-order valence-corrected chi connectivity index (χ3v) is 4.49. The molecule has 2 heterocycles. The first-order chi connectivity index (χ1) is 11.2. The zero-order chi connectivity index (χ0) is 16.2. The Hall–Kier alpha value is -1.91. The van der Waals surface area contributed by atoms with Gasteiger partial charge in [-0.05, 0) is 43.7 Å². The topological polar surface area (TPSA) is 45.2 Å². The average molecular weight is 330 g/mol. The van der Waals surface area contributed by atoms with Crippen molar-refractivity contribution < 1.29 is 4.79 Å². The fourth-order valence-electron chi connectivity index (χ4n) is 3.07. The summed E-state index contributed by atoms with van der Waals surface area (Å²) in [5.41, 5.74) is 2.57. The number of benzene rings is 1. The maximum Gasteiger partial charge on any atom is 0.255 e. The molecule has 1 atom stereocenters. The molecule has 120 valence electrons. The number of hydrogen-bond donors (Lipinski definition) is 1. The van der Waals surface area contributed by atoms with Crippen LogP contribution in [0.2, 0.25) is 5.02 Å². The zero-order valence-electron chi connectivity index (χ0n) is 13.1. The molecule has 1 unspecified atom stereocenters. The van der Waals surface area contributed by atoms with E-state index in [0.717, 1.165) is 37.1 Å². The van der Waals surface area contributed by atoms with Gasteiger partial charge in [-0.3, -0.25) is 9.78 Å². The van der Waals surface area contributed by atoms with E-state index in [-0.39, 0.29) is 11.9 Å². The number of halogens is 1. The Kier molecular flexibility index (Phi) is 4.94. The minimum Gasteiger partial charge on any atom is -0.334 e. The number of hydrogen-bond acceptors (Lipinski definition) is 3. The van der Waals surface area contributed by atoms with E-state index in [9.17, 15) is 4.79 Å². The van der Waals surface area contributed by atoms with Gasteiger partial charge in [-0.2, -0.15) is 0 Å². The predicted molar refractivity (Wildman–Crippen MR) is 92.7 cm³/mol. The second kappa shape index (κ2) is 7.11. The number of rotatable bonds is 4. The molecule has 0 radical (unpaired) electrons. The minimum atomic E-state index is 0.0612. The summed E-state index contributed by atoms with van der Waals surface area (Å²) in [6, 6.07) is 9.74. The van der Waals surface area contributed by atoms with Crippen molar-refractivity contribution >= 4 is 17.5 Å². The van der Waals surface area contributed by atoms with Gasteiger partial charge in [0.15, 0.2) is 0 Å². The molecule has 1 aliphatic rings. The smallest absolute Gasteiger partial charge is 0.255 e. The first-order valence-corrected chi connectivity index (χ1v) is 8.23. The van der Waals surface area contributed by atoms with E-state index in [2.05, 4.69) is 10.3 Å². The largest absolute Gasteiger partial charge is 0.334 e. The molecule has 23 heavy (non-hydrogen) atoms. The molecule has 3 rings (SSSR count). The van der Waals surface area contributed by atoms with Crippen molar-refractivity contribution in [3.05, 3.63) is 53.3 Å². The van der Waals surface area contributed by atoms with E-state index in [1.165, 1.54) is 0 Å². The maximum atomic E-state index is 12.8. The predicted octanol–water partition coefficient (Wildman–Crippen LogP) is 3.23. The number of likely N-dealkylation sites (tertiary alicyclic amines) is 1. The average Bonchev–Trinajstić information content (AvgIpc) is 3.03. The maximum absolute atomic E-state index is 12.8. The molecule has 1 aliphatic heterocycles. The molecule has 0 saturated carbocycles. The van der Waals surface area contributed by atoms with Gasteiger partial charge in [-0.15, -0.1) is 0 Å². The summed E-state index contributed by atoms with van der Waals surface area (Å²) in [5, 5.41) is 3.86. The number of likely N-dealkylation sites (N-methyl/N-ethyl adjacent to an activating group) is 1. The zero-order valence-corrected chi connectivity index (χ0v) is 13.9. The Morgan fingerprint density at radius 2 is 2.09 bits per heavy atom. The van der Waals surface area contributed by atoms with Crippen molar-refractivity contribution in [3.8, 4) is 11.1 Å². The highest BCUT2D eigenvalue weighted by molar-refractivity contribution is 6.30. The number of pyridine rings is 1. The summed E-state index contributed by atoms with van der Waals surface area (Å²) < 4.78 is 0. The monoisotopic (exact) mass is 329 g/mol. The molecule has 2 aromatic rings. The standard InChI is InChI=1S/C18H20ClN3O/c1-20-12-17-3-2-8-22(17)18(23)15-9-14(10-21-11-15)13-4-6-16(19)7-5-13/h4-7,9-11,17,20H,2-3,8,12H2,1H3. The van der Waals surface area contributed by atoms with E-state index in [0.29, 0.717) is 10.6 Å². The van der Waals surface area contributed by atoms with Crippen LogP contribution in [0, 0.1) is 0 Å².